The summed E-state index contributed by atoms with van der Waals surface area (Å²) in [5.74, 6) is 2.35. The quantitative estimate of drug-likeness (QED) is 0.508. The average molecular weight is 404 g/mol. The summed E-state index contributed by atoms with van der Waals surface area (Å²) in [5.41, 5.74) is 3.54. The summed E-state index contributed by atoms with van der Waals surface area (Å²) in [5, 5.41) is 4.20. The molecular formula is C18H24N6O5. The Morgan fingerprint density at radius 2 is 1.66 bits per heavy atom. The number of morpholine rings is 1. The van der Waals surface area contributed by atoms with Gasteiger partial charge in [-0.1, -0.05) is 0 Å². The van der Waals surface area contributed by atoms with Crippen LogP contribution in [0.25, 0.3) is 0 Å². The van der Waals surface area contributed by atoms with Gasteiger partial charge in [0.15, 0.2) is 11.5 Å². The molecule has 1 fully saturated rings. The first-order valence-corrected chi connectivity index (χ1v) is 8.90. The van der Waals surface area contributed by atoms with Crippen molar-refractivity contribution >= 4 is 18.1 Å². The zero-order valence-electron chi connectivity index (χ0n) is 16.8. The smallest absolute Gasteiger partial charge is 0.322 e. The summed E-state index contributed by atoms with van der Waals surface area (Å²) in [7, 11) is 6.17. The largest absolute Gasteiger partial charge is 0.493 e. The van der Waals surface area contributed by atoms with E-state index in [-0.39, 0.29) is 12.0 Å². The topological polar surface area (TPSA) is 112 Å². The van der Waals surface area contributed by atoms with Crippen LogP contribution in [0.1, 0.15) is 5.56 Å². The second kappa shape index (κ2) is 9.73. The molecule has 0 aliphatic carbocycles. The number of anilines is 2. The van der Waals surface area contributed by atoms with E-state index in [1.165, 1.54) is 7.11 Å². The molecule has 0 bridgehead atoms. The molecule has 29 heavy (non-hydrogen) atoms. The van der Waals surface area contributed by atoms with Crippen LogP contribution >= 0.6 is 0 Å². The molecule has 11 nitrogen and oxygen atoms in total. The van der Waals surface area contributed by atoms with E-state index in [1.54, 1.807) is 39.7 Å². The van der Waals surface area contributed by atoms with Crippen LogP contribution < -0.4 is 29.3 Å². The molecular weight excluding hydrogens is 380 g/mol. The van der Waals surface area contributed by atoms with Gasteiger partial charge in [-0.3, -0.25) is 0 Å². The lowest BCUT2D eigenvalue weighted by Crippen LogP contribution is -2.37. The first kappa shape index (κ1) is 20.4. The molecule has 1 saturated heterocycles. The monoisotopic (exact) mass is 404 g/mol. The van der Waals surface area contributed by atoms with Gasteiger partial charge in [0.25, 0.3) is 5.95 Å². The third kappa shape index (κ3) is 4.93. The minimum Gasteiger partial charge on any atom is -0.493 e. The molecule has 3 rings (SSSR count). The second-order valence-electron chi connectivity index (χ2n) is 5.87. The van der Waals surface area contributed by atoms with Crippen LogP contribution in [0.3, 0.4) is 0 Å². The number of ether oxygens (including phenoxy) is 5. The molecule has 0 saturated carbocycles. The van der Waals surface area contributed by atoms with Gasteiger partial charge in [0, 0.05) is 18.7 Å². The Labute approximate surface area is 168 Å². The second-order valence-corrected chi connectivity index (χ2v) is 5.87. The van der Waals surface area contributed by atoms with Crippen molar-refractivity contribution in [1.29, 1.82) is 0 Å². The van der Waals surface area contributed by atoms with Crippen molar-refractivity contribution in [1.82, 2.24) is 15.0 Å². The lowest BCUT2D eigenvalue weighted by atomic mass is 10.2. The number of hydrogen-bond donors (Lipinski definition) is 1. The van der Waals surface area contributed by atoms with Crippen molar-refractivity contribution in [3.05, 3.63) is 17.7 Å². The maximum Gasteiger partial charge on any atom is 0.322 e. The fourth-order valence-electron chi connectivity index (χ4n) is 2.73. The number of methoxy groups -OCH3 is 4. The number of nitrogens with one attached hydrogen (secondary N) is 1. The maximum absolute atomic E-state index is 5.36. The van der Waals surface area contributed by atoms with Gasteiger partial charge in [0.2, 0.25) is 11.7 Å². The normalized spacial score (nSPS) is 14.0. The fraction of sp³-hybridized carbons (Fsp3) is 0.444. The van der Waals surface area contributed by atoms with E-state index in [2.05, 4.69) is 25.5 Å². The number of aromatic nitrogens is 3. The van der Waals surface area contributed by atoms with Gasteiger partial charge >= 0.3 is 6.01 Å². The Hall–Kier alpha value is -3.34. The van der Waals surface area contributed by atoms with Crippen LogP contribution in [0, 0.1) is 0 Å². The minimum atomic E-state index is 0.201. The summed E-state index contributed by atoms with van der Waals surface area (Å²) < 4.78 is 26.6. The minimum absolute atomic E-state index is 0.201. The average Bonchev–Trinajstić information content (AvgIpc) is 2.78. The van der Waals surface area contributed by atoms with Crippen LogP contribution in [-0.2, 0) is 4.74 Å². The summed E-state index contributed by atoms with van der Waals surface area (Å²) in [6.45, 7) is 2.63. The molecule has 11 heteroatoms. The van der Waals surface area contributed by atoms with Gasteiger partial charge < -0.3 is 28.6 Å². The van der Waals surface area contributed by atoms with E-state index in [0.717, 1.165) is 5.56 Å². The third-order valence-corrected chi connectivity index (χ3v) is 4.14. The Morgan fingerprint density at radius 3 is 2.24 bits per heavy atom. The molecule has 1 N–H and O–H groups in total. The van der Waals surface area contributed by atoms with E-state index in [4.69, 9.17) is 23.7 Å². The van der Waals surface area contributed by atoms with E-state index in [1.807, 2.05) is 4.90 Å². The highest BCUT2D eigenvalue weighted by Crippen LogP contribution is 2.37. The summed E-state index contributed by atoms with van der Waals surface area (Å²) in [6.07, 6.45) is 1.59. The highest BCUT2D eigenvalue weighted by Gasteiger charge is 2.17. The van der Waals surface area contributed by atoms with E-state index in [9.17, 15) is 0 Å². The van der Waals surface area contributed by atoms with Gasteiger partial charge in [-0.25, -0.2) is 5.43 Å². The maximum atomic E-state index is 5.36. The molecule has 156 valence electrons. The highest BCUT2D eigenvalue weighted by molar-refractivity contribution is 5.82. The zero-order valence-corrected chi connectivity index (χ0v) is 16.8. The molecule has 1 aromatic carbocycles. The Balaban J connectivity index is 1.79. The summed E-state index contributed by atoms with van der Waals surface area (Å²) >= 11 is 0. The van der Waals surface area contributed by atoms with E-state index >= 15 is 0 Å². The van der Waals surface area contributed by atoms with E-state index in [0.29, 0.717) is 49.5 Å². The summed E-state index contributed by atoms with van der Waals surface area (Å²) in [6, 6.07) is 3.76. The Morgan fingerprint density at radius 1 is 0.966 bits per heavy atom. The van der Waals surface area contributed by atoms with Gasteiger partial charge in [0.1, 0.15) is 0 Å². The van der Waals surface area contributed by atoms with Crippen molar-refractivity contribution in [2.45, 2.75) is 0 Å². The van der Waals surface area contributed by atoms with Crippen molar-refractivity contribution in [3.8, 4) is 23.3 Å². The molecule has 1 aromatic heterocycles. The summed E-state index contributed by atoms with van der Waals surface area (Å²) in [4.78, 5) is 14.9. The van der Waals surface area contributed by atoms with Gasteiger partial charge in [-0.2, -0.15) is 20.1 Å². The number of rotatable bonds is 8. The highest BCUT2D eigenvalue weighted by atomic mass is 16.5. The lowest BCUT2D eigenvalue weighted by Gasteiger charge is -2.26. The standard InChI is InChI=1S/C18H24N6O5/c1-25-13-9-12(10-14(26-2)15(13)27-3)11-19-23-16-20-17(22-18(21-16)28-4)24-5-7-29-8-6-24/h9-11H,5-8H2,1-4H3,(H,20,21,22,23). The number of benzene rings is 1. The Bertz CT molecular complexity index is 832. The Kier molecular flexibility index (Phi) is 6.85. The number of hydrogen-bond acceptors (Lipinski definition) is 11. The van der Waals surface area contributed by atoms with Crippen LogP contribution in [0.5, 0.6) is 23.3 Å². The predicted octanol–water partition coefficient (Wildman–Crippen LogP) is 1.19. The van der Waals surface area contributed by atoms with E-state index < -0.39 is 0 Å². The van der Waals surface area contributed by atoms with Crippen molar-refractivity contribution in [2.75, 3.05) is 65.1 Å². The molecule has 2 heterocycles. The van der Waals surface area contributed by atoms with Crippen molar-refractivity contribution in [3.63, 3.8) is 0 Å². The van der Waals surface area contributed by atoms with Crippen molar-refractivity contribution in [2.24, 2.45) is 5.10 Å². The molecule has 0 atom stereocenters. The number of hydrazone groups is 1. The van der Waals surface area contributed by atoms with Gasteiger partial charge in [0.05, 0.1) is 47.9 Å². The first-order valence-electron chi connectivity index (χ1n) is 8.90. The van der Waals surface area contributed by atoms with Gasteiger partial charge in [-0.05, 0) is 12.1 Å². The molecule has 1 aliphatic heterocycles. The first-order chi connectivity index (χ1) is 14.2. The predicted molar refractivity (Wildman–Crippen MR) is 107 cm³/mol. The van der Waals surface area contributed by atoms with Crippen LogP contribution in [0.4, 0.5) is 11.9 Å². The van der Waals surface area contributed by atoms with Crippen molar-refractivity contribution < 1.29 is 23.7 Å². The molecule has 2 aromatic rings. The molecule has 1 aliphatic rings. The zero-order chi connectivity index (χ0) is 20.6. The van der Waals surface area contributed by atoms with Crippen LogP contribution in [0.15, 0.2) is 17.2 Å². The third-order valence-electron chi connectivity index (χ3n) is 4.14. The lowest BCUT2D eigenvalue weighted by molar-refractivity contribution is 0.122. The molecule has 0 unspecified atom stereocenters. The molecule has 0 amide bonds. The van der Waals surface area contributed by atoms with Gasteiger partial charge in [-0.15, -0.1) is 0 Å². The SMILES string of the molecule is COc1nc(NN=Cc2cc(OC)c(OC)c(OC)c2)nc(N2CCOCC2)n1. The van der Waals surface area contributed by atoms with Crippen LogP contribution in [0.2, 0.25) is 0 Å². The molecule has 0 radical (unpaired) electrons. The number of nitrogens with zero attached hydrogens (tertiary/aromatic N) is 5. The van der Waals surface area contributed by atoms with Crippen LogP contribution in [-0.4, -0.2) is 75.9 Å². The molecule has 0 spiro atoms. The fourth-order valence-corrected chi connectivity index (χ4v) is 2.73.